The zero-order chi connectivity index (χ0) is 9.68. The molecule has 0 unspecified atom stereocenters. The number of nitrogens with zero attached hydrogens (tertiary/aromatic N) is 1. The van der Waals surface area contributed by atoms with Gasteiger partial charge < -0.3 is 10.5 Å². The second-order valence-electron chi connectivity index (χ2n) is 2.67. The van der Waals surface area contributed by atoms with Gasteiger partial charge in [-0.2, -0.15) is 0 Å². The maximum absolute atomic E-state index is 5.83. The van der Waals surface area contributed by atoms with Crippen LogP contribution in [0, 0.1) is 0 Å². The molecule has 0 aliphatic carbocycles. The van der Waals surface area contributed by atoms with E-state index in [-0.39, 0.29) is 0 Å². The summed E-state index contributed by atoms with van der Waals surface area (Å²) in [6.45, 7) is 3.11. The highest BCUT2D eigenvalue weighted by Crippen LogP contribution is 2.18. The second-order valence-corrected chi connectivity index (χ2v) is 3.07. The van der Waals surface area contributed by atoms with Crippen LogP contribution in [0.2, 0.25) is 5.02 Å². The van der Waals surface area contributed by atoms with E-state index in [1.165, 1.54) is 0 Å². The Morgan fingerprint density at radius 2 is 2.38 bits per heavy atom. The summed E-state index contributed by atoms with van der Waals surface area (Å²) in [7, 11) is 0. The van der Waals surface area contributed by atoms with Crippen molar-refractivity contribution < 1.29 is 4.74 Å². The molecule has 1 rings (SSSR count). The van der Waals surface area contributed by atoms with Crippen LogP contribution >= 0.6 is 11.6 Å². The van der Waals surface area contributed by atoms with Crippen LogP contribution in [0.5, 0.6) is 5.88 Å². The van der Waals surface area contributed by atoms with Gasteiger partial charge in [-0.15, -0.1) is 0 Å². The van der Waals surface area contributed by atoms with Crippen LogP contribution < -0.4 is 10.5 Å². The van der Waals surface area contributed by atoms with Gasteiger partial charge in [-0.1, -0.05) is 18.5 Å². The Kier molecular flexibility index (Phi) is 3.99. The number of pyridine rings is 1. The van der Waals surface area contributed by atoms with Gasteiger partial charge in [0.05, 0.1) is 11.6 Å². The lowest BCUT2D eigenvalue weighted by Gasteiger charge is -2.05. The molecule has 0 saturated carbocycles. The van der Waals surface area contributed by atoms with Gasteiger partial charge in [-0.25, -0.2) is 4.98 Å². The summed E-state index contributed by atoms with van der Waals surface area (Å²) in [5.74, 6) is 0.590. The Balaban J connectivity index is 2.74. The number of hydrogen-bond acceptors (Lipinski definition) is 3. The largest absolute Gasteiger partial charge is 0.478 e. The fraction of sp³-hybridized carbons (Fsp3) is 0.444. The van der Waals surface area contributed by atoms with Crippen molar-refractivity contribution in [1.29, 1.82) is 0 Å². The molecule has 2 N–H and O–H groups in total. The maximum Gasteiger partial charge on any atom is 0.213 e. The molecule has 0 radical (unpaired) electrons. The van der Waals surface area contributed by atoms with E-state index in [1.807, 2.05) is 6.92 Å². The monoisotopic (exact) mass is 200 g/mol. The molecule has 1 heterocycles. The molecule has 0 saturated heterocycles. The summed E-state index contributed by atoms with van der Waals surface area (Å²) in [6, 6.07) is 1.78. The Bertz CT molecular complexity index is 278. The molecule has 13 heavy (non-hydrogen) atoms. The first kappa shape index (κ1) is 10.3. The first-order valence-corrected chi connectivity index (χ1v) is 4.63. The SMILES string of the molecule is CCCOc1cc(CN)c(Cl)cn1. The highest BCUT2D eigenvalue weighted by atomic mass is 35.5. The molecule has 72 valence electrons. The van der Waals surface area contributed by atoms with Gasteiger partial charge in [-0.3, -0.25) is 0 Å². The molecular weight excluding hydrogens is 188 g/mol. The quantitative estimate of drug-likeness (QED) is 0.809. The summed E-state index contributed by atoms with van der Waals surface area (Å²) in [5.41, 5.74) is 6.34. The van der Waals surface area contributed by atoms with Gasteiger partial charge in [0.2, 0.25) is 5.88 Å². The van der Waals surface area contributed by atoms with Gasteiger partial charge in [-0.05, 0) is 12.0 Å². The molecule has 0 aliphatic rings. The predicted molar refractivity (Wildman–Crippen MR) is 52.9 cm³/mol. The minimum absolute atomic E-state index is 0.407. The van der Waals surface area contributed by atoms with Crippen molar-refractivity contribution in [2.45, 2.75) is 19.9 Å². The van der Waals surface area contributed by atoms with E-state index >= 15 is 0 Å². The minimum atomic E-state index is 0.407. The van der Waals surface area contributed by atoms with Crippen molar-refractivity contribution in [3.05, 3.63) is 22.8 Å². The summed E-state index contributed by atoms with van der Waals surface area (Å²) in [5, 5.41) is 0.589. The topological polar surface area (TPSA) is 48.1 Å². The molecule has 0 aliphatic heterocycles. The lowest BCUT2D eigenvalue weighted by atomic mass is 10.3. The third kappa shape index (κ3) is 2.86. The summed E-state index contributed by atoms with van der Waals surface area (Å²) >= 11 is 5.83. The number of ether oxygens (including phenoxy) is 1. The standard InChI is InChI=1S/C9H13ClN2O/c1-2-3-13-9-4-7(5-11)8(10)6-12-9/h4,6H,2-3,5,11H2,1H3. The van der Waals surface area contributed by atoms with Crippen molar-refractivity contribution >= 4 is 11.6 Å². The van der Waals surface area contributed by atoms with Gasteiger partial charge >= 0.3 is 0 Å². The maximum atomic E-state index is 5.83. The fourth-order valence-corrected chi connectivity index (χ4v) is 1.08. The highest BCUT2D eigenvalue weighted by Gasteiger charge is 2.01. The second kappa shape index (κ2) is 5.04. The minimum Gasteiger partial charge on any atom is -0.478 e. The molecule has 0 fully saturated rings. The van der Waals surface area contributed by atoms with E-state index in [0.29, 0.717) is 24.1 Å². The molecule has 0 spiro atoms. The molecule has 0 aromatic carbocycles. The number of rotatable bonds is 4. The predicted octanol–water partition coefficient (Wildman–Crippen LogP) is 1.98. The van der Waals surface area contributed by atoms with Crippen LogP contribution in [0.3, 0.4) is 0 Å². The van der Waals surface area contributed by atoms with Gasteiger partial charge in [0.15, 0.2) is 0 Å². The first-order chi connectivity index (χ1) is 6.27. The third-order valence-electron chi connectivity index (χ3n) is 1.58. The van der Waals surface area contributed by atoms with Crippen molar-refractivity contribution in [1.82, 2.24) is 4.98 Å². The first-order valence-electron chi connectivity index (χ1n) is 4.25. The summed E-state index contributed by atoms with van der Waals surface area (Å²) < 4.78 is 5.33. The number of nitrogens with two attached hydrogens (primary N) is 1. The van der Waals surface area contributed by atoms with Gasteiger partial charge in [0.25, 0.3) is 0 Å². The molecule has 0 bridgehead atoms. The number of halogens is 1. The van der Waals surface area contributed by atoms with Crippen molar-refractivity contribution in [2.75, 3.05) is 6.61 Å². The van der Waals surface area contributed by atoms with Crippen LogP contribution in [0.25, 0.3) is 0 Å². The van der Waals surface area contributed by atoms with E-state index in [2.05, 4.69) is 4.98 Å². The van der Waals surface area contributed by atoms with Crippen LogP contribution in [-0.2, 0) is 6.54 Å². The zero-order valence-corrected chi connectivity index (χ0v) is 8.34. The van der Waals surface area contributed by atoms with Crippen LogP contribution in [0.15, 0.2) is 12.3 Å². The highest BCUT2D eigenvalue weighted by molar-refractivity contribution is 6.31. The van der Waals surface area contributed by atoms with Crippen LogP contribution in [0.1, 0.15) is 18.9 Å². The zero-order valence-electron chi connectivity index (χ0n) is 7.59. The average molecular weight is 201 g/mol. The molecule has 0 amide bonds. The molecular formula is C9H13ClN2O. The fourth-order valence-electron chi connectivity index (χ4n) is 0.900. The van der Waals surface area contributed by atoms with Crippen LogP contribution in [0.4, 0.5) is 0 Å². The van der Waals surface area contributed by atoms with Crippen molar-refractivity contribution in [2.24, 2.45) is 5.73 Å². The molecule has 1 aromatic rings. The molecule has 3 nitrogen and oxygen atoms in total. The summed E-state index contributed by atoms with van der Waals surface area (Å²) in [4.78, 5) is 4.01. The Morgan fingerprint density at radius 1 is 1.62 bits per heavy atom. The normalized spacial score (nSPS) is 10.1. The number of hydrogen-bond donors (Lipinski definition) is 1. The lowest BCUT2D eigenvalue weighted by molar-refractivity contribution is 0.305. The molecule has 4 heteroatoms. The number of aromatic nitrogens is 1. The van der Waals surface area contributed by atoms with E-state index in [9.17, 15) is 0 Å². The average Bonchev–Trinajstić information content (AvgIpc) is 2.16. The van der Waals surface area contributed by atoms with E-state index < -0.39 is 0 Å². The van der Waals surface area contributed by atoms with Gasteiger partial charge in [0, 0.05) is 18.8 Å². The van der Waals surface area contributed by atoms with Gasteiger partial charge in [0.1, 0.15) is 0 Å². The Morgan fingerprint density at radius 3 is 3.00 bits per heavy atom. The smallest absolute Gasteiger partial charge is 0.213 e. The Hall–Kier alpha value is -0.800. The third-order valence-corrected chi connectivity index (χ3v) is 1.92. The summed E-state index contributed by atoms with van der Waals surface area (Å²) in [6.07, 6.45) is 2.52. The lowest BCUT2D eigenvalue weighted by Crippen LogP contribution is -2.01. The van der Waals surface area contributed by atoms with E-state index in [0.717, 1.165) is 12.0 Å². The molecule has 0 atom stereocenters. The van der Waals surface area contributed by atoms with E-state index in [4.69, 9.17) is 22.1 Å². The van der Waals surface area contributed by atoms with E-state index in [1.54, 1.807) is 12.3 Å². The van der Waals surface area contributed by atoms with Crippen molar-refractivity contribution in [3.8, 4) is 5.88 Å². The molecule has 1 aromatic heterocycles. The van der Waals surface area contributed by atoms with Crippen molar-refractivity contribution in [3.63, 3.8) is 0 Å². The van der Waals surface area contributed by atoms with Crippen LogP contribution in [-0.4, -0.2) is 11.6 Å². The Labute approximate surface area is 82.9 Å².